The number of halogens is 4. The Bertz CT molecular complexity index is 1010. The Morgan fingerprint density at radius 1 is 0.724 bits per heavy atom. The van der Waals surface area contributed by atoms with E-state index < -0.39 is 23.7 Å². The van der Waals surface area contributed by atoms with E-state index in [1.54, 1.807) is 18.2 Å². The number of hydrogen-bond donors (Lipinski definition) is 1. The molecule has 4 nitrogen and oxygen atoms in total. The third kappa shape index (κ3) is 4.06. The fraction of sp³-hybridized carbons (Fsp3) is 0.143. The lowest BCUT2D eigenvalue weighted by Gasteiger charge is -2.32. The van der Waals surface area contributed by atoms with E-state index in [2.05, 4.69) is 14.8 Å². The van der Waals surface area contributed by atoms with E-state index in [9.17, 15) is 17.6 Å². The molecule has 1 aliphatic rings. The van der Waals surface area contributed by atoms with Crippen LogP contribution in [0.3, 0.4) is 0 Å². The lowest BCUT2D eigenvalue weighted by molar-refractivity contribution is -0.391. The Kier molecular flexibility index (Phi) is 4.70. The van der Waals surface area contributed by atoms with Crippen LogP contribution in [0.2, 0.25) is 0 Å². The van der Waals surface area contributed by atoms with Crippen molar-refractivity contribution in [1.29, 1.82) is 0 Å². The second-order valence-corrected chi connectivity index (χ2v) is 6.32. The van der Waals surface area contributed by atoms with Gasteiger partial charge in [-0.1, -0.05) is 30.3 Å². The Balaban J connectivity index is 1.44. The second-order valence-electron chi connectivity index (χ2n) is 6.32. The maximum absolute atomic E-state index is 13.3. The van der Waals surface area contributed by atoms with Crippen LogP contribution in [-0.4, -0.2) is 12.2 Å². The first-order valence-electron chi connectivity index (χ1n) is 8.66. The number of hydrogen-bond acceptors (Lipinski definition) is 4. The molecule has 0 saturated heterocycles. The van der Waals surface area contributed by atoms with E-state index in [0.717, 1.165) is 5.69 Å². The van der Waals surface area contributed by atoms with E-state index in [1.165, 1.54) is 18.2 Å². The molecule has 0 aromatic heterocycles. The summed E-state index contributed by atoms with van der Waals surface area (Å²) in [5, 5.41) is 3.12. The molecule has 0 unspecified atom stereocenters. The Morgan fingerprint density at radius 3 is 2.17 bits per heavy atom. The highest BCUT2D eigenvalue weighted by Crippen LogP contribution is 2.47. The Labute approximate surface area is 163 Å². The monoisotopic (exact) mass is 405 g/mol. The zero-order chi connectivity index (χ0) is 20.5. The molecule has 0 bridgehead atoms. The van der Waals surface area contributed by atoms with Gasteiger partial charge >= 0.3 is 12.2 Å². The quantitative estimate of drug-likeness (QED) is 0.525. The molecule has 3 aromatic carbocycles. The molecule has 0 spiro atoms. The molecule has 0 aliphatic carbocycles. The summed E-state index contributed by atoms with van der Waals surface area (Å²) >= 11 is 0. The summed E-state index contributed by atoms with van der Waals surface area (Å²) in [4.78, 5) is 0. The number of fused-ring (bicyclic) bond motifs is 1. The van der Waals surface area contributed by atoms with Gasteiger partial charge in [-0.25, -0.2) is 0 Å². The lowest BCUT2D eigenvalue weighted by atomic mass is 10.2. The van der Waals surface area contributed by atoms with Gasteiger partial charge in [-0.15, -0.1) is 0 Å². The summed E-state index contributed by atoms with van der Waals surface area (Å²) < 4.78 is 67.1. The van der Waals surface area contributed by atoms with Crippen LogP contribution in [0.4, 0.5) is 23.2 Å². The number of anilines is 1. The molecule has 0 amide bonds. The summed E-state index contributed by atoms with van der Waals surface area (Å²) in [5.41, 5.74) is 1.27. The molecular formula is C21H15F4NO3. The molecule has 150 valence electrons. The highest BCUT2D eigenvalue weighted by Gasteiger charge is 2.65. The van der Waals surface area contributed by atoms with Crippen LogP contribution in [0.1, 0.15) is 5.56 Å². The minimum absolute atomic E-state index is 0.243. The highest BCUT2D eigenvalue weighted by molar-refractivity contribution is 5.51. The molecule has 1 N–H and O–H groups in total. The van der Waals surface area contributed by atoms with E-state index in [0.29, 0.717) is 17.1 Å². The number of nitrogens with one attached hydrogen (secondary N) is 1. The number of alkyl halides is 4. The average molecular weight is 405 g/mol. The highest BCUT2D eigenvalue weighted by atomic mass is 19.3. The molecule has 0 atom stereocenters. The maximum atomic E-state index is 13.3. The predicted molar refractivity (Wildman–Crippen MR) is 97.9 cm³/mol. The van der Waals surface area contributed by atoms with E-state index in [-0.39, 0.29) is 6.54 Å². The standard InChI is InChI=1S/C21H15F4NO3/c22-20(23)21(24,25)29-19-11-14(9-10-18(19)28-20)13-26-15-5-4-8-17(12-15)27-16-6-2-1-3-7-16/h1-12,26H,13H2. The largest absolute Gasteiger partial charge is 0.507 e. The topological polar surface area (TPSA) is 39.7 Å². The molecule has 0 radical (unpaired) electrons. The van der Waals surface area contributed by atoms with Gasteiger partial charge in [-0.05, 0) is 42.0 Å². The number of benzene rings is 3. The summed E-state index contributed by atoms with van der Waals surface area (Å²) in [6, 6.07) is 20.3. The van der Waals surface area contributed by atoms with E-state index >= 15 is 0 Å². The summed E-state index contributed by atoms with van der Waals surface area (Å²) in [6.07, 6.45) is -9.46. The van der Waals surface area contributed by atoms with Crippen molar-refractivity contribution in [2.75, 3.05) is 5.32 Å². The summed E-state index contributed by atoms with van der Waals surface area (Å²) in [5.74, 6) is 0.420. The van der Waals surface area contributed by atoms with Gasteiger partial charge < -0.3 is 19.5 Å². The molecule has 8 heteroatoms. The number of para-hydroxylation sites is 1. The smallest absolute Gasteiger partial charge is 0.457 e. The van der Waals surface area contributed by atoms with Crippen molar-refractivity contribution >= 4 is 5.69 Å². The van der Waals surface area contributed by atoms with Gasteiger partial charge in [-0.2, -0.15) is 17.6 Å². The average Bonchev–Trinajstić information content (AvgIpc) is 2.68. The van der Waals surface area contributed by atoms with Gasteiger partial charge in [0.2, 0.25) is 0 Å². The van der Waals surface area contributed by atoms with Gasteiger partial charge in [-0.3, -0.25) is 0 Å². The third-order valence-electron chi connectivity index (χ3n) is 4.13. The van der Waals surface area contributed by atoms with Crippen LogP contribution >= 0.6 is 0 Å². The summed E-state index contributed by atoms with van der Waals surface area (Å²) in [7, 11) is 0. The number of ether oxygens (including phenoxy) is 3. The minimum atomic E-state index is -4.74. The third-order valence-corrected chi connectivity index (χ3v) is 4.13. The van der Waals surface area contributed by atoms with Gasteiger partial charge in [0.05, 0.1) is 0 Å². The number of rotatable bonds is 5. The van der Waals surface area contributed by atoms with Gasteiger partial charge in [0.25, 0.3) is 0 Å². The Morgan fingerprint density at radius 2 is 1.41 bits per heavy atom. The molecule has 0 saturated carbocycles. The van der Waals surface area contributed by atoms with Crippen molar-refractivity contribution < 1.29 is 31.8 Å². The van der Waals surface area contributed by atoms with Crippen LogP contribution in [-0.2, 0) is 6.54 Å². The van der Waals surface area contributed by atoms with Crippen LogP contribution in [0.15, 0.2) is 72.8 Å². The van der Waals surface area contributed by atoms with Crippen molar-refractivity contribution in [3.63, 3.8) is 0 Å². The van der Waals surface area contributed by atoms with Crippen LogP contribution in [0, 0.1) is 0 Å². The first-order chi connectivity index (χ1) is 13.8. The lowest BCUT2D eigenvalue weighted by Crippen LogP contribution is -2.52. The fourth-order valence-electron chi connectivity index (χ4n) is 2.72. The minimum Gasteiger partial charge on any atom is -0.457 e. The van der Waals surface area contributed by atoms with Gasteiger partial charge in [0.15, 0.2) is 11.5 Å². The zero-order valence-electron chi connectivity index (χ0n) is 14.9. The Hall–Kier alpha value is -3.42. The molecule has 1 heterocycles. The van der Waals surface area contributed by atoms with E-state index in [1.807, 2.05) is 36.4 Å². The maximum Gasteiger partial charge on any atom is 0.507 e. The normalized spacial score (nSPS) is 16.1. The molecule has 0 fully saturated rings. The molecule has 3 aromatic rings. The first kappa shape index (κ1) is 18.9. The van der Waals surface area contributed by atoms with Crippen LogP contribution < -0.4 is 19.5 Å². The first-order valence-corrected chi connectivity index (χ1v) is 8.66. The van der Waals surface area contributed by atoms with Crippen molar-refractivity contribution in [2.24, 2.45) is 0 Å². The zero-order valence-corrected chi connectivity index (χ0v) is 14.9. The SMILES string of the molecule is FC1(F)Oc2ccc(CNc3cccc(Oc4ccccc4)c3)cc2OC1(F)F. The molecule has 29 heavy (non-hydrogen) atoms. The van der Waals surface area contributed by atoms with Crippen molar-refractivity contribution in [3.05, 3.63) is 78.4 Å². The van der Waals surface area contributed by atoms with Crippen molar-refractivity contribution in [3.8, 4) is 23.0 Å². The van der Waals surface area contributed by atoms with Crippen LogP contribution in [0.25, 0.3) is 0 Å². The fourth-order valence-corrected chi connectivity index (χ4v) is 2.72. The van der Waals surface area contributed by atoms with Crippen LogP contribution in [0.5, 0.6) is 23.0 Å². The predicted octanol–water partition coefficient (Wildman–Crippen LogP) is 6.05. The van der Waals surface area contributed by atoms with Crippen molar-refractivity contribution in [1.82, 2.24) is 0 Å². The second kappa shape index (κ2) is 7.20. The van der Waals surface area contributed by atoms with E-state index in [4.69, 9.17) is 4.74 Å². The summed E-state index contributed by atoms with van der Waals surface area (Å²) in [6.45, 7) is 0.243. The van der Waals surface area contributed by atoms with Crippen molar-refractivity contribution in [2.45, 2.75) is 18.8 Å². The molecular weight excluding hydrogens is 390 g/mol. The van der Waals surface area contributed by atoms with Gasteiger partial charge in [0.1, 0.15) is 11.5 Å². The molecule has 1 aliphatic heterocycles. The molecule has 4 rings (SSSR count). The van der Waals surface area contributed by atoms with Gasteiger partial charge in [0, 0.05) is 18.3 Å².